The summed E-state index contributed by atoms with van der Waals surface area (Å²) in [5.41, 5.74) is 2.57. The van der Waals surface area contributed by atoms with E-state index in [0.717, 1.165) is 0 Å². The first kappa shape index (κ1) is 17.6. The van der Waals surface area contributed by atoms with E-state index in [2.05, 4.69) is 128 Å². The van der Waals surface area contributed by atoms with Crippen molar-refractivity contribution in [3.8, 4) is 0 Å². The van der Waals surface area contributed by atoms with Gasteiger partial charge in [0.2, 0.25) is 0 Å². The second-order valence-electron chi connectivity index (χ2n) is 6.77. The van der Waals surface area contributed by atoms with Crippen molar-refractivity contribution in [3.63, 3.8) is 0 Å². The molecule has 0 heterocycles. The summed E-state index contributed by atoms with van der Waals surface area (Å²) in [7, 11) is 0. The molecule has 0 N–H and O–H groups in total. The van der Waals surface area contributed by atoms with Crippen LogP contribution in [0.4, 0.5) is 0 Å². The quantitative estimate of drug-likeness (QED) is 0.439. The van der Waals surface area contributed by atoms with Gasteiger partial charge >= 0.3 is 0 Å². The maximum Gasteiger partial charge on any atom is -0.0160 e. The summed E-state index contributed by atoms with van der Waals surface area (Å²) in [6.07, 6.45) is 0. The minimum atomic E-state index is -1.92. The van der Waals surface area contributed by atoms with E-state index in [1.807, 2.05) is 0 Å². The van der Waals surface area contributed by atoms with Crippen molar-refractivity contribution >= 4 is 28.6 Å². The molecule has 4 aromatic carbocycles. The Labute approximate surface area is 162 Å². The summed E-state index contributed by atoms with van der Waals surface area (Å²) in [4.78, 5) is 0. The van der Waals surface area contributed by atoms with Gasteiger partial charge in [0.25, 0.3) is 0 Å². The molecule has 0 nitrogen and oxygen atoms in total. The van der Waals surface area contributed by atoms with E-state index in [4.69, 9.17) is 0 Å². The fourth-order valence-corrected chi connectivity index (χ4v) is 7.51. The van der Waals surface area contributed by atoms with Crippen LogP contribution < -0.4 is 15.9 Å². The molecule has 0 aliphatic heterocycles. The first-order valence-electron chi connectivity index (χ1n) is 9.27. The van der Waals surface area contributed by atoms with Gasteiger partial charge in [0.15, 0.2) is 0 Å². The molecule has 0 spiro atoms. The molecule has 0 unspecified atom stereocenters. The van der Waals surface area contributed by atoms with Crippen molar-refractivity contribution in [2.45, 2.75) is 6.92 Å². The summed E-state index contributed by atoms with van der Waals surface area (Å²) in [6, 6.07) is 41.7. The molecule has 0 saturated heterocycles. The summed E-state index contributed by atoms with van der Waals surface area (Å²) >= 11 is 0. The van der Waals surface area contributed by atoms with Gasteiger partial charge in [-0.15, -0.1) is 0 Å². The molecule has 0 aromatic heterocycles. The average molecular weight is 366 g/mol. The summed E-state index contributed by atoms with van der Waals surface area (Å²) in [5, 5.41) is 4.14. The van der Waals surface area contributed by atoms with Crippen molar-refractivity contribution in [1.29, 1.82) is 0 Å². The summed E-state index contributed by atoms with van der Waals surface area (Å²) in [5.74, 6) is 2.51. The van der Waals surface area contributed by atoms with Gasteiger partial charge in [0.1, 0.15) is 0 Å². The Balaban J connectivity index is 2.13. The highest BCUT2D eigenvalue weighted by Crippen LogP contribution is 2.44. The topological polar surface area (TPSA) is 0 Å². The van der Waals surface area contributed by atoms with E-state index in [-0.39, 0.29) is 0 Å². The van der Waals surface area contributed by atoms with E-state index in [9.17, 15) is 0 Å². The highest BCUT2D eigenvalue weighted by Gasteiger charge is 2.24. The zero-order chi connectivity index (χ0) is 18.5. The van der Waals surface area contributed by atoms with Crippen LogP contribution in [-0.4, -0.2) is 5.80 Å². The lowest BCUT2D eigenvalue weighted by atomic mass is 10.2. The molecule has 4 rings (SSSR count). The largest absolute Gasteiger partial charge is 0.0622 e. The minimum absolute atomic E-state index is 1.28. The number of aryl methyl sites for hydroxylation is 1. The van der Waals surface area contributed by atoms with E-state index >= 15 is 0 Å². The van der Waals surface area contributed by atoms with E-state index in [0.29, 0.717) is 0 Å². The average Bonchev–Trinajstić information content (AvgIpc) is 2.74. The van der Waals surface area contributed by atoms with Crippen molar-refractivity contribution in [1.82, 2.24) is 0 Å². The van der Waals surface area contributed by atoms with Crippen LogP contribution >= 0.6 is 6.89 Å². The lowest BCUT2D eigenvalue weighted by molar-refractivity contribution is 1.47. The molecule has 0 amide bonds. The maximum atomic E-state index is 2.51. The fourth-order valence-electron chi connectivity index (χ4n) is 3.63. The monoisotopic (exact) mass is 366 g/mol. The maximum absolute atomic E-state index is 2.51. The first-order valence-corrected chi connectivity index (χ1v) is 11.1. The fraction of sp³-hybridized carbons (Fsp3) is 0.0385. The number of hydrogen-bond acceptors (Lipinski definition) is 0. The lowest BCUT2D eigenvalue weighted by Gasteiger charge is -2.29. The molecule has 0 radical (unpaired) electrons. The molecule has 0 fully saturated rings. The number of rotatable bonds is 4. The van der Waals surface area contributed by atoms with Crippen LogP contribution in [0.25, 0.3) is 0 Å². The summed E-state index contributed by atoms with van der Waals surface area (Å²) in [6.45, 7) is 0.238. The van der Waals surface area contributed by atoms with Gasteiger partial charge in [-0.05, 0) is 41.1 Å². The third-order valence-corrected chi connectivity index (χ3v) is 8.90. The Kier molecular flexibility index (Phi) is 5.10. The Morgan fingerprint density at radius 3 is 1.37 bits per heavy atom. The van der Waals surface area contributed by atoms with Crippen LogP contribution in [0.1, 0.15) is 11.1 Å². The van der Waals surface area contributed by atoms with Crippen molar-refractivity contribution < 1.29 is 0 Å². The molecule has 1 heteroatoms. The zero-order valence-electron chi connectivity index (χ0n) is 15.5. The van der Waals surface area contributed by atoms with Crippen molar-refractivity contribution in [3.05, 3.63) is 126 Å². The highest BCUT2D eigenvalue weighted by molar-refractivity contribution is 7.94. The van der Waals surface area contributed by atoms with Crippen molar-refractivity contribution in [2.75, 3.05) is 0 Å². The first-order chi connectivity index (χ1) is 13.3. The Hall–Kier alpha value is -2.82. The lowest BCUT2D eigenvalue weighted by Crippen LogP contribution is -2.27. The molecular formula is C26H23P. The summed E-state index contributed by atoms with van der Waals surface area (Å²) < 4.78 is 0. The molecule has 132 valence electrons. The van der Waals surface area contributed by atoms with Gasteiger partial charge in [-0.2, -0.15) is 0 Å². The minimum Gasteiger partial charge on any atom is -0.0622 e. The van der Waals surface area contributed by atoms with E-state index < -0.39 is 6.89 Å². The normalized spacial score (nSPS) is 11.1. The standard InChI is InChI=1S/C26H23P/c1-22-12-11-13-23(20-22)21-27(24-14-5-2-6-15-24,25-16-7-3-8-17-25)26-18-9-4-10-19-26/h2-21H,1H3. The molecule has 0 bridgehead atoms. The van der Waals surface area contributed by atoms with Gasteiger partial charge in [-0.3, -0.25) is 0 Å². The third-order valence-electron chi connectivity index (χ3n) is 4.88. The van der Waals surface area contributed by atoms with Crippen LogP contribution in [0.2, 0.25) is 0 Å². The van der Waals surface area contributed by atoms with E-state index in [1.54, 1.807) is 0 Å². The van der Waals surface area contributed by atoms with Crippen LogP contribution in [0.5, 0.6) is 0 Å². The highest BCUT2D eigenvalue weighted by atomic mass is 31.2. The van der Waals surface area contributed by atoms with Gasteiger partial charge < -0.3 is 0 Å². The molecular weight excluding hydrogens is 343 g/mol. The zero-order valence-corrected chi connectivity index (χ0v) is 16.4. The van der Waals surface area contributed by atoms with Crippen LogP contribution in [0.15, 0.2) is 115 Å². The smallest absolute Gasteiger partial charge is 0.0160 e. The van der Waals surface area contributed by atoms with E-state index in [1.165, 1.54) is 27.0 Å². The Morgan fingerprint density at radius 1 is 0.519 bits per heavy atom. The number of hydrogen-bond donors (Lipinski definition) is 0. The van der Waals surface area contributed by atoms with Gasteiger partial charge in [0.05, 0.1) is 0 Å². The van der Waals surface area contributed by atoms with Gasteiger partial charge in [-0.1, -0.05) is 121 Å². The Morgan fingerprint density at radius 2 is 0.963 bits per heavy atom. The molecule has 0 aliphatic carbocycles. The molecule has 0 saturated carbocycles. The molecule has 4 aromatic rings. The molecule has 0 aliphatic rings. The second kappa shape index (κ2) is 7.82. The predicted octanol–water partition coefficient (Wildman–Crippen LogP) is 5.14. The van der Waals surface area contributed by atoms with Crippen LogP contribution in [-0.2, 0) is 0 Å². The predicted molar refractivity (Wildman–Crippen MR) is 121 cm³/mol. The van der Waals surface area contributed by atoms with Gasteiger partial charge in [0, 0.05) is 0 Å². The molecule has 27 heavy (non-hydrogen) atoms. The Bertz CT molecular complexity index is 961. The number of benzene rings is 4. The van der Waals surface area contributed by atoms with Gasteiger partial charge in [-0.25, -0.2) is 0 Å². The van der Waals surface area contributed by atoms with Crippen LogP contribution in [0.3, 0.4) is 0 Å². The van der Waals surface area contributed by atoms with Crippen molar-refractivity contribution in [2.24, 2.45) is 0 Å². The third kappa shape index (κ3) is 3.54. The SMILES string of the molecule is Cc1cccc(C=P(c2ccccc2)(c2ccccc2)c2ccccc2)c1. The second-order valence-corrected chi connectivity index (χ2v) is 10.0. The molecule has 0 atom stereocenters. The van der Waals surface area contributed by atoms with Crippen LogP contribution in [0, 0.1) is 6.92 Å².